The Balaban J connectivity index is 1.64. The Bertz CT molecular complexity index is 1040. The molecule has 0 amide bonds. The van der Waals surface area contributed by atoms with Crippen molar-refractivity contribution in [3.8, 4) is 17.3 Å². The lowest BCUT2D eigenvalue weighted by atomic mass is 10.1. The Hall–Kier alpha value is -3.45. The van der Waals surface area contributed by atoms with Crippen LogP contribution < -0.4 is 0 Å². The lowest BCUT2D eigenvalue weighted by molar-refractivity contribution is 0.837. The van der Waals surface area contributed by atoms with E-state index >= 15 is 0 Å². The van der Waals surface area contributed by atoms with Crippen molar-refractivity contribution in [2.45, 2.75) is 6.54 Å². The van der Waals surface area contributed by atoms with Gasteiger partial charge in [-0.15, -0.1) is 0 Å². The fourth-order valence-corrected chi connectivity index (χ4v) is 2.87. The molecule has 2 aromatic carbocycles. The second-order valence-corrected chi connectivity index (χ2v) is 5.56. The van der Waals surface area contributed by atoms with Crippen LogP contribution in [0.25, 0.3) is 22.2 Å². The van der Waals surface area contributed by atoms with Crippen molar-refractivity contribution in [3.63, 3.8) is 0 Å². The molecule has 0 bridgehead atoms. The van der Waals surface area contributed by atoms with Gasteiger partial charge < -0.3 is 4.57 Å². The van der Waals surface area contributed by atoms with Crippen molar-refractivity contribution >= 4 is 10.9 Å². The minimum absolute atomic E-state index is 0.349. The average molecular weight is 310 g/mol. The first-order valence-corrected chi connectivity index (χ1v) is 7.69. The third-order valence-corrected chi connectivity index (χ3v) is 4.06. The zero-order chi connectivity index (χ0) is 16.4. The number of aromatic nitrogens is 3. The largest absolute Gasteiger partial charge is 0.343 e. The van der Waals surface area contributed by atoms with Gasteiger partial charge in [-0.3, -0.25) is 4.98 Å². The van der Waals surface area contributed by atoms with Gasteiger partial charge in [-0.05, 0) is 23.1 Å². The molecular weight excluding hydrogens is 296 g/mol. The molecule has 4 nitrogen and oxygen atoms in total. The Kier molecular flexibility index (Phi) is 3.53. The number of hydrogen-bond acceptors (Lipinski definition) is 3. The van der Waals surface area contributed by atoms with Crippen LogP contribution in [0.4, 0.5) is 0 Å². The summed E-state index contributed by atoms with van der Waals surface area (Å²) in [6.45, 7) is 0.805. The predicted molar refractivity (Wildman–Crippen MR) is 93.2 cm³/mol. The molecule has 4 aromatic rings. The van der Waals surface area contributed by atoms with Gasteiger partial charge in [-0.2, -0.15) is 5.26 Å². The maximum Gasteiger partial charge on any atom is 0.166 e. The van der Waals surface area contributed by atoms with Crippen LogP contribution in [0, 0.1) is 11.3 Å². The van der Waals surface area contributed by atoms with Crippen LogP contribution in [0.15, 0.2) is 73.2 Å². The van der Waals surface area contributed by atoms with E-state index in [1.54, 1.807) is 6.20 Å². The van der Waals surface area contributed by atoms with Gasteiger partial charge in [0.25, 0.3) is 0 Å². The molecule has 114 valence electrons. The molecule has 0 atom stereocenters. The van der Waals surface area contributed by atoms with E-state index in [2.05, 4.69) is 69.3 Å². The second kappa shape index (κ2) is 5.98. The predicted octanol–water partition coefficient (Wildman–Crippen LogP) is 4.02. The summed E-state index contributed by atoms with van der Waals surface area (Å²) in [5.41, 5.74) is 4.30. The minimum Gasteiger partial charge on any atom is -0.343 e. The summed E-state index contributed by atoms with van der Waals surface area (Å²) in [4.78, 5) is 8.34. The Morgan fingerprint density at radius 3 is 2.54 bits per heavy atom. The summed E-state index contributed by atoms with van der Waals surface area (Å²) >= 11 is 0. The van der Waals surface area contributed by atoms with E-state index in [0.29, 0.717) is 11.4 Å². The van der Waals surface area contributed by atoms with Gasteiger partial charge in [0, 0.05) is 36.2 Å². The topological polar surface area (TPSA) is 54.5 Å². The van der Waals surface area contributed by atoms with Gasteiger partial charge in [0.15, 0.2) is 5.69 Å². The number of benzene rings is 2. The normalized spacial score (nSPS) is 10.6. The summed E-state index contributed by atoms with van der Waals surface area (Å²) in [5.74, 6) is 0. The van der Waals surface area contributed by atoms with Crippen molar-refractivity contribution in [1.29, 1.82) is 5.26 Å². The summed E-state index contributed by atoms with van der Waals surface area (Å²) < 4.78 is 2.23. The highest BCUT2D eigenvalue weighted by atomic mass is 14.9. The number of para-hydroxylation sites is 1. The van der Waals surface area contributed by atoms with Crippen molar-refractivity contribution < 1.29 is 0 Å². The minimum atomic E-state index is 0.349. The second-order valence-electron chi connectivity index (χ2n) is 5.56. The highest BCUT2D eigenvalue weighted by Crippen LogP contribution is 2.21. The first-order valence-electron chi connectivity index (χ1n) is 7.69. The lowest BCUT2D eigenvalue weighted by Crippen LogP contribution is -1.98. The fourth-order valence-electron chi connectivity index (χ4n) is 2.87. The van der Waals surface area contributed by atoms with Crippen LogP contribution in [0.2, 0.25) is 0 Å². The highest BCUT2D eigenvalue weighted by molar-refractivity contribution is 5.80. The molecule has 0 spiro atoms. The third-order valence-electron chi connectivity index (χ3n) is 4.06. The number of nitrogens with zero attached hydrogens (tertiary/aromatic N) is 4. The smallest absolute Gasteiger partial charge is 0.166 e. The number of fused-ring (bicyclic) bond motifs is 1. The van der Waals surface area contributed by atoms with E-state index in [-0.39, 0.29) is 0 Å². The maximum absolute atomic E-state index is 9.15. The monoisotopic (exact) mass is 310 g/mol. The molecular formula is C20H14N4. The molecule has 4 rings (SSSR count). The van der Waals surface area contributed by atoms with Crippen molar-refractivity contribution in [2.75, 3.05) is 0 Å². The molecule has 0 saturated heterocycles. The molecule has 0 aliphatic carbocycles. The van der Waals surface area contributed by atoms with E-state index in [1.807, 2.05) is 12.1 Å². The first-order chi connectivity index (χ1) is 11.8. The van der Waals surface area contributed by atoms with Crippen LogP contribution in [-0.2, 0) is 6.54 Å². The molecule has 2 aromatic heterocycles. The molecule has 0 fully saturated rings. The molecule has 2 heterocycles. The standard InChI is InChI=1S/C20H14N4/c21-13-18-20(23-11-10-22-18)17-7-5-15(6-8-17)14-24-12-9-16-3-1-2-4-19(16)24/h1-12H,14H2. The van der Waals surface area contributed by atoms with Crippen LogP contribution in [-0.4, -0.2) is 14.5 Å². The van der Waals surface area contributed by atoms with Crippen LogP contribution in [0.1, 0.15) is 11.3 Å². The van der Waals surface area contributed by atoms with Crippen LogP contribution in [0.5, 0.6) is 0 Å². The van der Waals surface area contributed by atoms with E-state index in [0.717, 1.165) is 12.1 Å². The molecule has 0 unspecified atom stereocenters. The van der Waals surface area contributed by atoms with Gasteiger partial charge in [0.1, 0.15) is 11.8 Å². The molecule has 0 saturated carbocycles. The summed E-state index contributed by atoms with van der Waals surface area (Å²) in [6.07, 6.45) is 5.25. The van der Waals surface area contributed by atoms with Gasteiger partial charge in [-0.25, -0.2) is 4.98 Å². The first kappa shape index (κ1) is 14.2. The zero-order valence-corrected chi connectivity index (χ0v) is 12.9. The van der Waals surface area contributed by atoms with Gasteiger partial charge in [0.2, 0.25) is 0 Å². The van der Waals surface area contributed by atoms with E-state index in [4.69, 9.17) is 5.26 Å². The van der Waals surface area contributed by atoms with Crippen LogP contribution in [0.3, 0.4) is 0 Å². The summed E-state index contributed by atoms with van der Waals surface area (Å²) in [7, 11) is 0. The third kappa shape index (κ3) is 2.53. The summed E-state index contributed by atoms with van der Waals surface area (Å²) in [5, 5.41) is 10.4. The lowest BCUT2D eigenvalue weighted by Gasteiger charge is -2.07. The number of hydrogen-bond donors (Lipinski definition) is 0. The SMILES string of the molecule is N#Cc1nccnc1-c1ccc(Cn2ccc3ccccc32)cc1. The zero-order valence-electron chi connectivity index (χ0n) is 12.9. The molecule has 0 N–H and O–H groups in total. The van der Waals surface area contributed by atoms with Crippen molar-refractivity contribution in [3.05, 3.63) is 84.4 Å². The van der Waals surface area contributed by atoms with Crippen LogP contribution >= 0.6 is 0 Å². The highest BCUT2D eigenvalue weighted by Gasteiger charge is 2.07. The maximum atomic E-state index is 9.15. The number of rotatable bonds is 3. The summed E-state index contributed by atoms with van der Waals surface area (Å²) in [6, 6.07) is 20.7. The quantitative estimate of drug-likeness (QED) is 0.574. The van der Waals surface area contributed by atoms with Gasteiger partial charge in [-0.1, -0.05) is 42.5 Å². The van der Waals surface area contributed by atoms with Gasteiger partial charge >= 0.3 is 0 Å². The van der Waals surface area contributed by atoms with Crippen molar-refractivity contribution in [1.82, 2.24) is 14.5 Å². The van der Waals surface area contributed by atoms with Gasteiger partial charge in [0.05, 0.1) is 0 Å². The molecule has 24 heavy (non-hydrogen) atoms. The van der Waals surface area contributed by atoms with E-state index in [9.17, 15) is 0 Å². The fraction of sp³-hybridized carbons (Fsp3) is 0.0500. The Morgan fingerprint density at radius 1 is 0.917 bits per heavy atom. The van der Waals surface area contributed by atoms with Crippen molar-refractivity contribution in [2.24, 2.45) is 0 Å². The Morgan fingerprint density at radius 2 is 1.71 bits per heavy atom. The average Bonchev–Trinajstić information content (AvgIpc) is 3.05. The molecule has 0 aliphatic rings. The Labute approximate surface area is 139 Å². The molecule has 0 aliphatic heterocycles. The van der Waals surface area contributed by atoms with E-state index < -0.39 is 0 Å². The van der Waals surface area contributed by atoms with E-state index in [1.165, 1.54) is 22.7 Å². The molecule has 0 radical (unpaired) electrons. The number of nitriles is 1. The molecule has 4 heteroatoms.